The van der Waals surface area contributed by atoms with Crippen molar-refractivity contribution in [1.82, 2.24) is 14.9 Å². The van der Waals surface area contributed by atoms with Gasteiger partial charge in [0.15, 0.2) is 5.69 Å². The summed E-state index contributed by atoms with van der Waals surface area (Å²) < 4.78 is 7.24. The van der Waals surface area contributed by atoms with Crippen LogP contribution in [0.4, 0.5) is 5.69 Å². The molecule has 1 aliphatic carbocycles. The van der Waals surface area contributed by atoms with Gasteiger partial charge in [-0.05, 0) is 35.8 Å². The van der Waals surface area contributed by atoms with Gasteiger partial charge in [-0.15, -0.1) is 0 Å². The Balaban J connectivity index is 1.42. The molecule has 4 rings (SSSR count). The summed E-state index contributed by atoms with van der Waals surface area (Å²) in [6, 6.07) is 8.56. The van der Waals surface area contributed by atoms with Gasteiger partial charge in [0.1, 0.15) is 5.76 Å². The third-order valence-corrected chi connectivity index (χ3v) is 5.82. The van der Waals surface area contributed by atoms with Crippen molar-refractivity contribution in [3.63, 3.8) is 0 Å². The Kier molecular flexibility index (Phi) is 5.51. The lowest BCUT2D eigenvalue weighted by Gasteiger charge is -2.19. The monoisotopic (exact) mass is 392 g/mol. The number of benzene rings is 1. The molecule has 1 aromatic carbocycles. The van der Waals surface area contributed by atoms with Crippen molar-refractivity contribution < 1.29 is 9.32 Å². The van der Waals surface area contributed by atoms with Gasteiger partial charge < -0.3 is 9.84 Å². The van der Waals surface area contributed by atoms with Gasteiger partial charge in [0.25, 0.3) is 5.91 Å². The van der Waals surface area contributed by atoms with Crippen LogP contribution in [0.5, 0.6) is 0 Å². The van der Waals surface area contributed by atoms with Crippen LogP contribution < -0.4 is 5.32 Å². The Morgan fingerprint density at radius 2 is 2.10 bits per heavy atom. The highest BCUT2D eigenvalue weighted by Crippen LogP contribution is 2.30. The van der Waals surface area contributed by atoms with Gasteiger partial charge in [-0.3, -0.25) is 9.48 Å². The molecular weight excluding hydrogens is 364 g/mol. The molecular formula is C23H28N4O2. The zero-order valence-electron chi connectivity index (χ0n) is 17.3. The summed E-state index contributed by atoms with van der Waals surface area (Å²) in [5.41, 5.74) is 4.54. The normalized spacial score (nSPS) is 16.1. The van der Waals surface area contributed by atoms with Crippen LogP contribution in [0.2, 0.25) is 0 Å². The first-order valence-corrected chi connectivity index (χ1v) is 10.4. The third-order valence-electron chi connectivity index (χ3n) is 5.82. The van der Waals surface area contributed by atoms with E-state index in [0.29, 0.717) is 29.8 Å². The molecule has 2 aromatic heterocycles. The molecule has 0 radical (unpaired) electrons. The molecule has 0 spiro atoms. The Morgan fingerprint density at radius 3 is 2.83 bits per heavy atom. The minimum Gasteiger partial charge on any atom is -0.360 e. The Hall–Kier alpha value is -2.89. The first kappa shape index (κ1) is 19.4. The average Bonchev–Trinajstić information content (AvgIpc) is 3.34. The average molecular weight is 393 g/mol. The lowest BCUT2D eigenvalue weighted by molar-refractivity contribution is 0.101. The van der Waals surface area contributed by atoms with Crippen LogP contribution in [-0.4, -0.2) is 20.8 Å². The van der Waals surface area contributed by atoms with Crippen LogP contribution in [0.3, 0.4) is 0 Å². The summed E-state index contributed by atoms with van der Waals surface area (Å²) in [5.74, 6) is 1.75. The highest BCUT2D eigenvalue weighted by molar-refractivity contribution is 6.03. The molecule has 152 valence electrons. The molecule has 29 heavy (non-hydrogen) atoms. The van der Waals surface area contributed by atoms with Crippen LogP contribution in [0.1, 0.15) is 72.5 Å². The molecule has 0 saturated carbocycles. The number of hydrogen-bond donors (Lipinski definition) is 1. The lowest BCUT2D eigenvalue weighted by atomic mass is 9.85. The lowest BCUT2D eigenvalue weighted by Crippen LogP contribution is -2.18. The second kappa shape index (κ2) is 8.23. The molecule has 3 aromatic rings. The molecule has 6 heteroatoms. The first-order valence-electron chi connectivity index (χ1n) is 10.4. The number of rotatable bonds is 6. The molecule has 1 unspecified atom stereocenters. The SMILES string of the molecule is CCC1CCc2onc(C(=O)Nc3cnn(Cc4ccc(C(C)C)cc4)c3)c2C1. The van der Waals surface area contributed by atoms with E-state index in [0.717, 1.165) is 37.0 Å². The quantitative estimate of drug-likeness (QED) is 0.653. The molecule has 6 nitrogen and oxygen atoms in total. The fraction of sp³-hybridized carbons (Fsp3) is 0.435. The van der Waals surface area contributed by atoms with Gasteiger partial charge >= 0.3 is 0 Å². The van der Waals surface area contributed by atoms with Crippen LogP contribution in [0.15, 0.2) is 41.2 Å². The van der Waals surface area contributed by atoms with Crippen molar-refractivity contribution in [2.24, 2.45) is 5.92 Å². The molecule has 1 atom stereocenters. The summed E-state index contributed by atoms with van der Waals surface area (Å²) in [4.78, 5) is 12.7. The van der Waals surface area contributed by atoms with Gasteiger partial charge in [0.2, 0.25) is 0 Å². The standard InChI is InChI=1S/C23H28N4O2/c1-4-16-7-10-21-20(11-16)22(26-29-21)23(28)25-19-12-24-27(14-19)13-17-5-8-18(9-6-17)15(2)3/h5-6,8-9,12,14-16H,4,7,10-11,13H2,1-3H3,(H,25,28). The summed E-state index contributed by atoms with van der Waals surface area (Å²) in [6.07, 6.45) is 7.45. The molecule has 0 aliphatic heterocycles. The third kappa shape index (κ3) is 4.26. The number of anilines is 1. The van der Waals surface area contributed by atoms with Crippen LogP contribution in [0, 0.1) is 5.92 Å². The van der Waals surface area contributed by atoms with Crippen molar-refractivity contribution in [2.75, 3.05) is 5.32 Å². The summed E-state index contributed by atoms with van der Waals surface area (Å²) in [5, 5.41) is 11.3. The number of aryl methyl sites for hydroxylation is 1. The number of amides is 1. The van der Waals surface area contributed by atoms with Gasteiger partial charge in [0, 0.05) is 18.2 Å². The summed E-state index contributed by atoms with van der Waals surface area (Å²) in [6.45, 7) is 7.22. The predicted molar refractivity (Wildman–Crippen MR) is 112 cm³/mol. The van der Waals surface area contributed by atoms with Crippen molar-refractivity contribution in [2.45, 2.75) is 58.9 Å². The van der Waals surface area contributed by atoms with Crippen LogP contribution in [-0.2, 0) is 19.4 Å². The Labute approximate surface area is 171 Å². The fourth-order valence-electron chi connectivity index (χ4n) is 3.90. The van der Waals surface area contributed by atoms with E-state index in [4.69, 9.17) is 4.52 Å². The zero-order chi connectivity index (χ0) is 20.4. The fourth-order valence-corrected chi connectivity index (χ4v) is 3.90. The highest BCUT2D eigenvalue weighted by Gasteiger charge is 2.28. The van der Waals surface area contributed by atoms with Crippen molar-refractivity contribution >= 4 is 11.6 Å². The van der Waals surface area contributed by atoms with Gasteiger partial charge in [-0.1, -0.05) is 56.6 Å². The number of fused-ring (bicyclic) bond motifs is 1. The predicted octanol–water partition coefficient (Wildman–Crippen LogP) is 4.81. The molecule has 0 bridgehead atoms. The second-order valence-electron chi connectivity index (χ2n) is 8.23. The number of nitrogens with one attached hydrogen (secondary N) is 1. The number of carbonyl (C=O) groups is 1. The van der Waals surface area contributed by atoms with Gasteiger partial charge in [-0.25, -0.2) is 0 Å². The summed E-state index contributed by atoms with van der Waals surface area (Å²) >= 11 is 0. The number of nitrogens with zero attached hydrogens (tertiary/aromatic N) is 3. The summed E-state index contributed by atoms with van der Waals surface area (Å²) in [7, 11) is 0. The molecule has 1 N–H and O–H groups in total. The maximum Gasteiger partial charge on any atom is 0.278 e. The number of aromatic nitrogens is 3. The van der Waals surface area contributed by atoms with E-state index in [9.17, 15) is 4.79 Å². The van der Waals surface area contributed by atoms with E-state index in [1.54, 1.807) is 6.20 Å². The van der Waals surface area contributed by atoms with Gasteiger partial charge in [-0.2, -0.15) is 5.10 Å². The topological polar surface area (TPSA) is 73.0 Å². The molecule has 0 fully saturated rings. The minimum atomic E-state index is -0.229. The first-order chi connectivity index (χ1) is 14.0. The molecule has 1 amide bonds. The number of hydrogen-bond acceptors (Lipinski definition) is 4. The van der Waals surface area contributed by atoms with Crippen molar-refractivity contribution in [3.05, 3.63) is 64.8 Å². The largest absolute Gasteiger partial charge is 0.360 e. The van der Waals surface area contributed by atoms with Crippen molar-refractivity contribution in [1.29, 1.82) is 0 Å². The molecule has 0 saturated heterocycles. The maximum absolute atomic E-state index is 12.7. The van der Waals surface area contributed by atoms with E-state index in [2.05, 4.69) is 60.6 Å². The van der Waals surface area contributed by atoms with Crippen molar-refractivity contribution in [3.8, 4) is 0 Å². The number of carbonyl (C=O) groups excluding carboxylic acids is 1. The molecule has 2 heterocycles. The minimum absolute atomic E-state index is 0.229. The molecule has 1 aliphatic rings. The second-order valence-corrected chi connectivity index (χ2v) is 8.23. The maximum atomic E-state index is 12.7. The van der Waals surface area contributed by atoms with E-state index in [1.807, 2.05) is 10.9 Å². The Morgan fingerprint density at radius 1 is 1.31 bits per heavy atom. The smallest absolute Gasteiger partial charge is 0.278 e. The highest BCUT2D eigenvalue weighted by atomic mass is 16.5. The van der Waals surface area contributed by atoms with E-state index in [-0.39, 0.29) is 5.91 Å². The van der Waals surface area contributed by atoms with Gasteiger partial charge in [0.05, 0.1) is 18.4 Å². The Bertz CT molecular complexity index is 985. The van der Waals surface area contributed by atoms with E-state index >= 15 is 0 Å². The van der Waals surface area contributed by atoms with Crippen LogP contribution >= 0.6 is 0 Å². The van der Waals surface area contributed by atoms with Crippen LogP contribution in [0.25, 0.3) is 0 Å². The van der Waals surface area contributed by atoms with E-state index in [1.165, 1.54) is 11.1 Å². The van der Waals surface area contributed by atoms with E-state index < -0.39 is 0 Å². The zero-order valence-corrected chi connectivity index (χ0v) is 17.3.